The summed E-state index contributed by atoms with van der Waals surface area (Å²) < 4.78 is 6.12. The van der Waals surface area contributed by atoms with Crippen LogP contribution in [0.15, 0.2) is 107 Å². The van der Waals surface area contributed by atoms with E-state index in [9.17, 15) is 4.79 Å². The van der Waals surface area contributed by atoms with Gasteiger partial charge in [-0.3, -0.25) is 9.69 Å². The highest BCUT2D eigenvalue weighted by molar-refractivity contribution is 8.19. The maximum absolute atomic E-state index is 13.7. The minimum Gasteiger partial charge on any atom is -0.490 e. The minimum atomic E-state index is -0.102. The van der Waals surface area contributed by atoms with Gasteiger partial charge in [-0.1, -0.05) is 66.7 Å². The van der Waals surface area contributed by atoms with Crippen molar-refractivity contribution in [3.05, 3.63) is 108 Å². The van der Waals surface area contributed by atoms with Gasteiger partial charge in [0.05, 0.1) is 22.4 Å². The molecule has 4 aromatic carbocycles. The van der Waals surface area contributed by atoms with Crippen molar-refractivity contribution in [1.29, 1.82) is 0 Å². The van der Waals surface area contributed by atoms with E-state index in [1.54, 1.807) is 4.90 Å². The van der Waals surface area contributed by atoms with E-state index in [1.165, 1.54) is 11.8 Å². The number of thioether (sulfide) groups is 1. The van der Waals surface area contributed by atoms with E-state index < -0.39 is 0 Å². The smallest absolute Gasteiger partial charge is 0.271 e. The fourth-order valence-corrected chi connectivity index (χ4v) is 4.86. The Bertz CT molecular complexity index is 1400. The first kappa shape index (κ1) is 22.0. The van der Waals surface area contributed by atoms with Crippen molar-refractivity contribution in [1.82, 2.24) is 0 Å². The molecule has 4 nitrogen and oxygen atoms in total. The van der Waals surface area contributed by atoms with Gasteiger partial charge in [-0.25, -0.2) is 4.99 Å². The molecule has 34 heavy (non-hydrogen) atoms. The molecule has 168 valence electrons. The first-order valence-corrected chi connectivity index (χ1v) is 12.0. The number of hydrogen-bond acceptors (Lipinski definition) is 4. The zero-order valence-electron chi connectivity index (χ0n) is 19.0. The zero-order valence-corrected chi connectivity index (χ0v) is 19.8. The molecule has 1 fully saturated rings. The molecule has 1 saturated heterocycles. The summed E-state index contributed by atoms with van der Waals surface area (Å²) in [5.74, 6) is 0.656. The first-order valence-electron chi connectivity index (χ1n) is 11.2. The van der Waals surface area contributed by atoms with Gasteiger partial charge in [0.1, 0.15) is 5.75 Å². The van der Waals surface area contributed by atoms with Crippen LogP contribution in [0.1, 0.15) is 19.4 Å². The second-order valence-electron chi connectivity index (χ2n) is 8.18. The molecule has 5 rings (SSSR count). The maximum Gasteiger partial charge on any atom is 0.271 e. The molecule has 0 aliphatic carbocycles. The number of carbonyl (C=O) groups excluding carboxylic acids is 1. The van der Waals surface area contributed by atoms with Gasteiger partial charge in [-0.05, 0) is 72.8 Å². The lowest BCUT2D eigenvalue weighted by Crippen LogP contribution is -2.28. The molecule has 4 aromatic rings. The Hall–Kier alpha value is -3.83. The van der Waals surface area contributed by atoms with Crippen LogP contribution in [0, 0.1) is 0 Å². The Balaban J connectivity index is 1.65. The Kier molecular flexibility index (Phi) is 6.19. The Morgan fingerprint density at radius 2 is 1.53 bits per heavy atom. The van der Waals surface area contributed by atoms with Gasteiger partial charge in [-0.2, -0.15) is 0 Å². The average Bonchev–Trinajstić information content (AvgIpc) is 3.15. The van der Waals surface area contributed by atoms with E-state index in [4.69, 9.17) is 9.73 Å². The summed E-state index contributed by atoms with van der Waals surface area (Å²) >= 11 is 1.38. The topological polar surface area (TPSA) is 41.9 Å². The van der Waals surface area contributed by atoms with Crippen molar-refractivity contribution in [2.75, 3.05) is 4.90 Å². The van der Waals surface area contributed by atoms with Crippen molar-refractivity contribution >= 4 is 51.1 Å². The Morgan fingerprint density at radius 1 is 0.853 bits per heavy atom. The molecule has 5 heteroatoms. The van der Waals surface area contributed by atoms with E-state index in [0.717, 1.165) is 33.5 Å². The van der Waals surface area contributed by atoms with E-state index in [2.05, 4.69) is 18.2 Å². The van der Waals surface area contributed by atoms with Gasteiger partial charge >= 0.3 is 0 Å². The number of aliphatic imine (C=N–C) groups is 1. The van der Waals surface area contributed by atoms with Crippen molar-refractivity contribution < 1.29 is 9.53 Å². The highest BCUT2D eigenvalue weighted by Gasteiger charge is 2.35. The number of benzene rings is 4. The van der Waals surface area contributed by atoms with E-state index in [1.807, 2.05) is 98.8 Å². The van der Waals surface area contributed by atoms with Crippen molar-refractivity contribution in [3.63, 3.8) is 0 Å². The molecule has 0 bridgehead atoms. The van der Waals surface area contributed by atoms with Gasteiger partial charge in [0.15, 0.2) is 5.17 Å². The summed E-state index contributed by atoms with van der Waals surface area (Å²) in [5.41, 5.74) is 2.49. The summed E-state index contributed by atoms with van der Waals surface area (Å²) in [7, 11) is 0. The standard InChI is InChI=1S/C29H24N2O2S/c1-20(2)33-26-18-17-21-11-9-10-16-24(21)25(26)19-27-28(32)31(23-14-7-4-8-15-23)29(34-27)30-22-12-5-3-6-13-22/h3-20H,1-2H3. The van der Waals surface area contributed by atoms with Crippen LogP contribution in [0.4, 0.5) is 11.4 Å². The van der Waals surface area contributed by atoms with Crippen LogP contribution in [0.2, 0.25) is 0 Å². The number of para-hydroxylation sites is 2. The van der Waals surface area contributed by atoms with Crippen LogP contribution in [-0.4, -0.2) is 17.2 Å². The van der Waals surface area contributed by atoms with Gasteiger partial charge in [0, 0.05) is 5.56 Å². The molecule has 1 heterocycles. The van der Waals surface area contributed by atoms with Crippen LogP contribution in [0.5, 0.6) is 5.75 Å². The lowest BCUT2D eigenvalue weighted by atomic mass is 10.0. The quantitative estimate of drug-likeness (QED) is 0.288. The number of ether oxygens (including phenoxy) is 1. The number of amides is 1. The number of carbonyl (C=O) groups is 1. The molecular weight excluding hydrogens is 440 g/mol. The lowest BCUT2D eigenvalue weighted by molar-refractivity contribution is -0.113. The molecule has 0 spiro atoms. The number of nitrogens with zero attached hydrogens (tertiary/aromatic N) is 2. The minimum absolute atomic E-state index is 0.0151. The molecule has 0 unspecified atom stereocenters. The third-order valence-corrected chi connectivity index (χ3v) is 6.34. The second-order valence-corrected chi connectivity index (χ2v) is 9.19. The third-order valence-electron chi connectivity index (χ3n) is 5.37. The number of rotatable bonds is 5. The highest BCUT2D eigenvalue weighted by Crippen LogP contribution is 2.40. The summed E-state index contributed by atoms with van der Waals surface area (Å²) in [6.07, 6.45) is 1.96. The molecule has 1 aliphatic heterocycles. The SMILES string of the molecule is CC(C)Oc1ccc2ccccc2c1C=C1SC(=Nc2ccccc2)N(c2ccccc2)C1=O. The van der Waals surface area contributed by atoms with E-state index in [-0.39, 0.29) is 12.0 Å². The van der Waals surface area contributed by atoms with Crippen molar-refractivity contribution in [2.45, 2.75) is 20.0 Å². The van der Waals surface area contributed by atoms with Crippen LogP contribution in [0.3, 0.4) is 0 Å². The van der Waals surface area contributed by atoms with Gasteiger partial charge in [0.2, 0.25) is 0 Å². The lowest BCUT2D eigenvalue weighted by Gasteiger charge is -2.16. The zero-order chi connectivity index (χ0) is 23.5. The molecule has 0 aromatic heterocycles. The monoisotopic (exact) mass is 464 g/mol. The second kappa shape index (κ2) is 9.57. The number of hydrogen-bond donors (Lipinski definition) is 0. The van der Waals surface area contributed by atoms with E-state index >= 15 is 0 Å². The van der Waals surface area contributed by atoms with E-state index in [0.29, 0.717) is 10.1 Å². The third kappa shape index (κ3) is 4.47. The fourth-order valence-electron chi connectivity index (χ4n) is 3.88. The first-order chi connectivity index (χ1) is 16.6. The fraction of sp³-hybridized carbons (Fsp3) is 0.103. The van der Waals surface area contributed by atoms with Crippen LogP contribution < -0.4 is 9.64 Å². The summed E-state index contributed by atoms with van der Waals surface area (Å²) in [5, 5.41) is 2.76. The van der Waals surface area contributed by atoms with Crippen LogP contribution in [0.25, 0.3) is 16.8 Å². The average molecular weight is 465 g/mol. The Labute approximate surface area is 203 Å². The molecule has 1 amide bonds. The number of anilines is 1. The number of fused-ring (bicyclic) bond motifs is 1. The van der Waals surface area contributed by atoms with Gasteiger partial charge < -0.3 is 4.74 Å². The van der Waals surface area contributed by atoms with Gasteiger partial charge in [-0.15, -0.1) is 0 Å². The predicted octanol–water partition coefficient (Wildman–Crippen LogP) is 7.44. The van der Waals surface area contributed by atoms with Crippen molar-refractivity contribution in [2.24, 2.45) is 4.99 Å². The normalized spacial score (nSPS) is 16.2. The molecule has 0 radical (unpaired) electrons. The maximum atomic E-state index is 13.7. The van der Waals surface area contributed by atoms with Gasteiger partial charge in [0.25, 0.3) is 5.91 Å². The molecule has 0 saturated carbocycles. The van der Waals surface area contributed by atoms with Crippen LogP contribution in [-0.2, 0) is 4.79 Å². The Morgan fingerprint density at radius 3 is 2.26 bits per heavy atom. The molecule has 1 aliphatic rings. The van der Waals surface area contributed by atoms with Crippen LogP contribution >= 0.6 is 11.8 Å². The summed E-state index contributed by atoms with van der Waals surface area (Å²) in [6.45, 7) is 4.01. The predicted molar refractivity (Wildman–Crippen MR) is 143 cm³/mol. The largest absolute Gasteiger partial charge is 0.490 e. The molecule has 0 atom stereocenters. The summed E-state index contributed by atoms with van der Waals surface area (Å²) in [6, 6.07) is 31.5. The highest BCUT2D eigenvalue weighted by atomic mass is 32.2. The van der Waals surface area contributed by atoms with Crippen molar-refractivity contribution in [3.8, 4) is 5.75 Å². The molecule has 0 N–H and O–H groups in total. The summed E-state index contributed by atoms with van der Waals surface area (Å²) in [4.78, 5) is 20.8. The number of amidine groups is 1. The molecular formula is C29H24N2O2S.